The van der Waals surface area contributed by atoms with Gasteiger partial charge in [-0.05, 0) is 68.3 Å². The van der Waals surface area contributed by atoms with E-state index in [0.29, 0.717) is 24.6 Å². The molecule has 7 heteroatoms. The van der Waals surface area contributed by atoms with E-state index in [2.05, 4.69) is 17.1 Å². The summed E-state index contributed by atoms with van der Waals surface area (Å²) in [5.74, 6) is 0.773. The molecule has 4 atom stereocenters. The highest BCUT2D eigenvalue weighted by Crippen LogP contribution is 2.34. The molecule has 7 nitrogen and oxygen atoms in total. The average molecular weight is 412 g/mol. The van der Waals surface area contributed by atoms with Gasteiger partial charge in [-0.2, -0.15) is 0 Å². The number of nitrogens with zero attached hydrogens (tertiary/aromatic N) is 2. The van der Waals surface area contributed by atoms with Crippen molar-refractivity contribution in [3.05, 3.63) is 29.3 Å². The molecule has 4 aliphatic rings. The van der Waals surface area contributed by atoms with Crippen LogP contribution in [0, 0.1) is 5.92 Å². The number of imide groups is 1. The van der Waals surface area contributed by atoms with Crippen LogP contribution in [0.3, 0.4) is 0 Å². The number of carbonyl (C=O) groups is 3. The number of hydrogen-bond acceptors (Lipinski definition) is 5. The van der Waals surface area contributed by atoms with E-state index in [1.807, 2.05) is 18.2 Å². The summed E-state index contributed by atoms with van der Waals surface area (Å²) >= 11 is 0. The van der Waals surface area contributed by atoms with E-state index in [0.717, 1.165) is 36.7 Å². The van der Waals surface area contributed by atoms with Gasteiger partial charge in [-0.25, -0.2) is 0 Å². The molecule has 0 aromatic heterocycles. The molecule has 160 valence electrons. The molecule has 0 radical (unpaired) electrons. The zero-order valence-corrected chi connectivity index (χ0v) is 17.4. The standard InChI is InChI=1S/C23H29N3O4/c1-14-9-10-25(12-14)18-3-2-4-20(18)30-16-5-6-17-15(11-16)13-26(23(17)29)19-7-8-21(27)24-22(19)28/h5-6,11,14,18-20H,2-4,7-10,12-13H2,1H3,(H,24,27,28)/t14-,18-,19?,20+/m0/s1. The number of hydrogen-bond donors (Lipinski definition) is 1. The Kier molecular flexibility index (Phi) is 5.01. The van der Waals surface area contributed by atoms with Crippen LogP contribution in [0.1, 0.15) is 61.4 Å². The molecule has 1 unspecified atom stereocenters. The van der Waals surface area contributed by atoms with Crippen LogP contribution in [0.5, 0.6) is 5.75 Å². The Labute approximate surface area is 176 Å². The third-order valence-electron chi connectivity index (χ3n) is 7.12. The Hall–Kier alpha value is -2.41. The van der Waals surface area contributed by atoms with Gasteiger partial charge < -0.3 is 9.64 Å². The quantitative estimate of drug-likeness (QED) is 0.768. The number of ether oxygens (including phenoxy) is 1. The number of benzene rings is 1. The van der Waals surface area contributed by atoms with Crippen molar-refractivity contribution in [2.45, 2.75) is 70.2 Å². The van der Waals surface area contributed by atoms with Gasteiger partial charge in [0, 0.05) is 31.1 Å². The van der Waals surface area contributed by atoms with Crippen LogP contribution in [-0.4, -0.2) is 58.8 Å². The minimum Gasteiger partial charge on any atom is -0.489 e. The first kappa shape index (κ1) is 19.5. The number of likely N-dealkylation sites (tertiary alicyclic amines) is 1. The van der Waals surface area contributed by atoms with Crippen molar-refractivity contribution in [2.24, 2.45) is 5.92 Å². The van der Waals surface area contributed by atoms with Crippen molar-refractivity contribution < 1.29 is 19.1 Å². The third-order valence-corrected chi connectivity index (χ3v) is 7.12. The normalized spacial score (nSPS) is 31.9. The largest absolute Gasteiger partial charge is 0.489 e. The minimum absolute atomic E-state index is 0.143. The highest BCUT2D eigenvalue weighted by Gasteiger charge is 2.40. The summed E-state index contributed by atoms with van der Waals surface area (Å²) < 4.78 is 6.42. The highest BCUT2D eigenvalue weighted by molar-refractivity contribution is 6.05. The van der Waals surface area contributed by atoms with Crippen LogP contribution in [0.2, 0.25) is 0 Å². The van der Waals surface area contributed by atoms with Gasteiger partial charge in [-0.3, -0.25) is 24.6 Å². The molecule has 2 saturated heterocycles. The number of fused-ring (bicyclic) bond motifs is 1. The zero-order valence-electron chi connectivity index (χ0n) is 17.4. The molecule has 3 fully saturated rings. The average Bonchev–Trinajstić information content (AvgIpc) is 3.41. The zero-order chi connectivity index (χ0) is 20.8. The van der Waals surface area contributed by atoms with Crippen molar-refractivity contribution >= 4 is 17.7 Å². The second kappa shape index (κ2) is 7.69. The van der Waals surface area contributed by atoms with Gasteiger partial charge in [0.2, 0.25) is 11.8 Å². The van der Waals surface area contributed by atoms with Crippen molar-refractivity contribution in [2.75, 3.05) is 13.1 Å². The van der Waals surface area contributed by atoms with Gasteiger partial charge in [0.1, 0.15) is 17.9 Å². The second-order valence-corrected chi connectivity index (χ2v) is 9.26. The molecule has 1 saturated carbocycles. The Morgan fingerprint density at radius 1 is 1.10 bits per heavy atom. The molecule has 1 aromatic carbocycles. The Bertz CT molecular complexity index is 885. The summed E-state index contributed by atoms with van der Waals surface area (Å²) in [6.45, 7) is 5.02. The number of piperidine rings is 1. The maximum Gasteiger partial charge on any atom is 0.255 e. The lowest BCUT2D eigenvalue weighted by Crippen LogP contribution is -2.52. The van der Waals surface area contributed by atoms with Gasteiger partial charge in [-0.15, -0.1) is 0 Å². The molecule has 1 aliphatic carbocycles. The predicted octanol–water partition coefficient (Wildman–Crippen LogP) is 2.09. The second-order valence-electron chi connectivity index (χ2n) is 9.26. The van der Waals surface area contributed by atoms with Gasteiger partial charge in [0.25, 0.3) is 5.91 Å². The Balaban J connectivity index is 1.29. The van der Waals surface area contributed by atoms with E-state index in [9.17, 15) is 14.4 Å². The minimum atomic E-state index is -0.580. The lowest BCUT2D eigenvalue weighted by Gasteiger charge is -2.30. The van der Waals surface area contributed by atoms with Crippen LogP contribution in [0.4, 0.5) is 0 Å². The topological polar surface area (TPSA) is 79.0 Å². The van der Waals surface area contributed by atoms with Crippen molar-refractivity contribution in [1.29, 1.82) is 0 Å². The van der Waals surface area contributed by atoms with Gasteiger partial charge in [0.05, 0.1) is 0 Å². The summed E-state index contributed by atoms with van der Waals surface area (Å²) in [4.78, 5) is 40.7. The fraction of sp³-hybridized carbons (Fsp3) is 0.609. The Morgan fingerprint density at radius 3 is 2.73 bits per heavy atom. The predicted molar refractivity (Wildman–Crippen MR) is 110 cm³/mol. The molecular weight excluding hydrogens is 382 g/mol. The molecule has 3 amide bonds. The fourth-order valence-electron chi connectivity index (χ4n) is 5.53. The maximum absolute atomic E-state index is 12.8. The first-order valence-electron chi connectivity index (χ1n) is 11.2. The van der Waals surface area contributed by atoms with Crippen LogP contribution in [0.15, 0.2) is 18.2 Å². The fourth-order valence-corrected chi connectivity index (χ4v) is 5.53. The van der Waals surface area contributed by atoms with E-state index in [1.54, 1.807) is 4.90 Å². The summed E-state index contributed by atoms with van der Waals surface area (Å²) in [6.07, 6.45) is 5.54. The van der Waals surface area contributed by atoms with E-state index in [1.165, 1.54) is 19.3 Å². The first-order valence-corrected chi connectivity index (χ1v) is 11.2. The van der Waals surface area contributed by atoms with Gasteiger partial charge in [0.15, 0.2) is 0 Å². The molecule has 3 heterocycles. The van der Waals surface area contributed by atoms with E-state index in [-0.39, 0.29) is 30.2 Å². The number of carbonyl (C=O) groups excluding carboxylic acids is 3. The van der Waals surface area contributed by atoms with Gasteiger partial charge >= 0.3 is 0 Å². The number of rotatable bonds is 4. The molecule has 30 heavy (non-hydrogen) atoms. The molecule has 3 aliphatic heterocycles. The summed E-state index contributed by atoms with van der Waals surface area (Å²) in [5.41, 5.74) is 1.52. The van der Waals surface area contributed by atoms with Crippen molar-refractivity contribution in [1.82, 2.24) is 15.1 Å². The van der Waals surface area contributed by atoms with Crippen LogP contribution >= 0.6 is 0 Å². The van der Waals surface area contributed by atoms with Crippen molar-refractivity contribution in [3.8, 4) is 5.75 Å². The van der Waals surface area contributed by atoms with E-state index >= 15 is 0 Å². The summed E-state index contributed by atoms with van der Waals surface area (Å²) in [6, 6.07) is 5.56. The van der Waals surface area contributed by atoms with E-state index in [4.69, 9.17) is 4.74 Å². The van der Waals surface area contributed by atoms with Crippen LogP contribution in [0.25, 0.3) is 0 Å². The van der Waals surface area contributed by atoms with E-state index < -0.39 is 6.04 Å². The lowest BCUT2D eigenvalue weighted by atomic mass is 10.0. The monoisotopic (exact) mass is 411 g/mol. The van der Waals surface area contributed by atoms with Crippen LogP contribution in [-0.2, 0) is 16.1 Å². The van der Waals surface area contributed by atoms with Crippen LogP contribution < -0.4 is 10.1 Å². The van der Waals surface area contributed by atoms with Crippen molar-refractivity contribution in [3.63, 3.8) is 0 Å². The molecule has 1 N–H and O–H groups in total. The number of nitrogens with one attached hydrogen (secondary N) is 1. The molecule has 0 spiro atoms. The summed E-state index contributed by atoms with van der Waals surface area (Å²) in [5, 5.41) is 2.35. The molecule has 5 rings (SSSR count). The van der Waals surface area contributed by atoms with Gasteiger partial charge in [-0.1, -0.05) is 6.92 Å². The summed E-state index contributed by atoms with van der Waals surface area (Å²) in [7, 11) is 0. The molecule has 1 aromatic rings. The first-order chi connectivity index (χ1) is 14.5. The maximum atomic E-state index is 12.8. The Morgan fingerprint density at radius 2 is 1.97 bits per heavy atom. The lowest BCUT2D eigenvalue weighted by molar-refractivity contribution is -0.136. The number of amides is 3. The molecule has 0 bridgehead atoms. The highest BCUT2D eigenvalue weighted by atomic mass is 16.5. The SMILES string of the molecule is C[C@H]1CCN([C@H]2CCC[C@H]2Oc2ccc3c(c2)CN(C2CCC(=O)NC2=O)C3=O)C1. The third kappa shape index (κ3) is 3.49. The molecular formula is C23H29N3O4. The smallest absolute Gasteiger partial charge is 0.255 e.